The van der Waals surface area contributed by atoms with Crippen LogP contribution in [-0.4, -0.2) is 25.6 Å². The molecule has 2 rings (SSSR count). The van der Waals surface area contributed by atoms with Gasteiger partial charge in [-0.05, 0) is 24.8 Å². The van der Waals surface area contributed by atoms with E-state index in [9.17, 15) is 0 Å². The maximum atomic E-state index is 7.49. The minimum absolute atomic E-state index is 0.0220. The zero-order valence-corrected chi connectivity index (χ0v) is 10.3. The van der Waals surface area contributed by atoms with Crippen LogP contribution in [-0.2, 0) is 7.05 Å². The lowest BCUT2D eigenvalue weighted by molar-refractivity contribution is 0.765. The number of aryl methyl sites for hydroxylation is 1. The van der Waals surface area contributed by atoms with E-state index in [-0.39, 0.29) is 5.84 Å². The molecule has 0 radical (unpaired) electrons. The number of hydrogen-bond acceptors (Lipinski definition) is 5. The highest BCUT2D eigenvalue weighted by Gasteiger charge is 2.11. The van der Waals surface area contributed by atoms with E-state index in [0.29, 0.717) is 5.56 Å². The first-order chi connectivity index (χ1) is 8.09. The van der Waals surface area contributed by atoms with Gasteiger partial charge in [0.15, 0.2) is 5.16 Å². The third kappa shape index (κ3) is 2.28. The Morgan fingerprint density at radius 2 is 2.24 bits per heavy atom. The number of amidine groups is 1. The summed E-state index contributed by atoms with van der Waals surface area (Å²) in [7, 11) is 1.89. The molecule has 6 nitrogen and oxygen atoms in total. The summed E-state index contributed by atoms with van der Waals surface area (Å²) in [4.78, 5) is 4.83. The molecular formula is C10H12N6S. The molecule has 0 amide bonds. The number of nitrogen functional groups attached to an aromatic ring is 1. The van der Waals surface area contributed by atoms with Gasteiger partial charge in [0.1, 0.15) is 11.7 Å². The fourth-order valence-electron chi connectivity index (χ4n) is 1.26. The normalized spacial score (nSPS) is 10.5. The van der Waals surface area contributed by atoms with Crippen molar-refractivity contribution in [2.75, 3.05) is 0 Å². The van der Waals surface area contributed by atoms with E-state index < -0.39 is 0 Å². The van der Waals surface area contributed by atoms with Crippen molar-refractivity contribution in [3.8, 4) is 0 Å². The van der Waals surface area contributed by atoms with Crippen LogP contribution < -0.4 is 5.73 Å². The van der Waals surface area contributed by atoms with E-state index in [1.807, 2.05) is 18.5 Å². The van der Waals surface area contributed by atoms with E-state index >= 15 is 0 Å². The number of nitrogens with two attached hydrogens (primary N) is 1. The van der Waals surface area contributed by atoms with Crippen LogP contribution >= 0.6 is 11.8 Å². The lowest BCUT2D eigenvalue weighted by Gasteiger charge is -2.06. The van der Waals surface area contributed by atoms with Crippen LogP contribution in [0, 0.1) is 12.3 Å². The fourth-order valence-corrected chi connectivity index (χ4v) is 2.21. The molecule has 88 valence electrons. The number of aromatic nitrogens is 4. The maximum Gasteiger partial charge on any atom is 0.195 e. The van der Waals surface area contributed by atoms with Crippen LogP contribution in [0.5, 0.6) is 0 Å². The molecule has 2 heterocycles. The van der Waals surface area contributed by atoms with Gasteiger partial charge in [0, 0.05) is 29.9 Å². The van der Waals surface area contributed by atoms with Gasteiger partial charge in [-0.3, -0.25) is 10.4 Å². The van der Waals surface area contributed by atoms with E-state index in [1.165, 1.54) is 11.8 Å². The van der Waals surface area contributed by atoms with Gasteiger partial charge in [-0.15, -0.1) is 10.2 Å². The number of hydrogen-bond donors (Lipinski definition) is 2. The summed E-state index contributed by atoms with van der Waals surface area (Å²) < 4.78 is 1.88. The quantitative estimate of drug-likeness (QED) is 0.623. The predicted octanol–water partition coefficient (Wildman–Crippen LogP) is 0.954. The number of rotatable bonds is 3. The first-order valence-electron chi connectivity index (χ1n) is 4.92. The van der Waals surface area contributed by atoms with Crippen LogP contribution in [0.25, 0.3) is 0 Å². The Bertz CT molecular complexity index is 562. The molecule has 2 aromatic heterocycles. The summed E-state index contributed by atoms with van der Waals surface area (Å²) >= 11 is 1.40. The van der Waals surface area contributed by atoms with Gasteiger partial charge in [-0.1, -0.05) is 0 Å². The minimum Gasteiger partial charge on any atom is -0.384 e. The van der Waals surface area contributed by atoms with Gasteiger partial charge < -0.3 is 10.3 Å². The van der Waals surface area contributed by atoms with Crippen molar-refractivity contribution in [3.05, 3.63) is 29.8 Å². The van der Waals surface area contributed by atoms with Gasteiger partial charge in [0.2, 0.25) is 0 Å². The third-order valence-corrected chi connectivity index (χ3v) is 3.41. The van der Waals surface area contributed by atoms with E-state index in [1.54, 1.807) is 18.5 Å². The Labute approximate surface area is 103 Å². The van der Waals surface area contributed by atoms with Crippen LogP contribution in [0.1, 0.15) is 11.4 Å². The summed E-state index contributed by atoms with van der Waals surface area (Å²) in [6, 6.07) is 1.72. The highest BCUT2D eigenvalue weighted by atomic mass is 32.2. The van der Waals surface area contributed by atoms with Crippen molar-refractivity contribution < 1.29 is 0 Å². The molecular weight excluding hydrogens is 236 g/mol. The summed E-state index contributed by atoms with van der Waals surface area (Å²) in [5.74, 6) is 0.856. The Morgan fingerprint density at radius 3 is 2.82 bits per heavy atom. The number of nitrogens with zero attached hydrogens (tertiary/aromatic N) is 4. The molecule has 0 aliphatic rings. The van der Waals surface area contributed by atoms with Gasteiger partial charge in [0.05, 0.1) is 0 Å². The lowest BCUT2D eigenvalue weighted by Crippen LogP contribution is -2.12. The molecule has 0 bridgehead atoms. The molecule has 3 N–H and O–H groups in total. The highest BCUT2D eigenvalue weighted by Crippen LogP contribution is 2.28. The van der Waals surface area contributed by atoms with Gasteiger partial charge in [0.25, 0.3) is 0 Å². The molecule has 0 unspecified atom stereocenters. The Morgan fingerprint density at radius 1 is 1.47 bits per heavy atom. The molecule has 0 atom stereocenters. The molecule has 0 saturated carbocycles. The van der Waals surface area contributed by atoms with Crippen LogP contribution in [0.4, 0.5) is 0 Å². The molecule has 0 aliphatic carbocycles. The Balaban J connectivity index is 2.36. The van der Waals surface area contributed by atoms with E-state index in [4.69, 9.17) is 11.1 Å². The maximum absolute atomic E-state index is 7.49. The van der Waals surface area contributed by atoms with Gasteiger partial charge in [-0.2, -0.15) is 0 Å². The Kier molecular flexibility index (Phi) is 3.10. The van der Waals surface area contributed by atoms with Crippen molar-refractivity contribution in [2.24, 2.45) is 12.8 Å². The van der Waals surface area contributed by atoms with Crippen molar-refractivity contribution in [1.29, 1.82) is 5.41 Å². The highest BCUT2D eigenvalue weighted by molar-refractivity contribution is 7.99. The topological polar surface area (TPSA) is 93.5 Å². The molecule has 0 saturated heterocycles. The molecule has 0 aromatic carbocycles. The first kappa shape index (κ1) is 11.6. The van der Waals surface area contributed by atoms with Crippen molar-refractivity contribution in [3.63, 3.8) is 0 Å². The smallest absolute Gasteiger partial charge is 0.195 e. The van der Waals surface area contributed by atoms with E-state index in [0.717, 1.165) is 15.9 Å². The monoisotopic (exact) mass is 248 g/mol. The zero-order valence-electron chi connectivity index (χ0n) is 9.51. The van der Waals surface area contributed by atoms with Crippen molar-refractivity contribution in [1.82, 2.24) is 19.7 Å². The summed E-state index contributed by atoms with van der Waals surface area (Å²) in [6.45, 7) is 1.88. The summed E-state index contributed by atoms with van der Waals surface area (Å²) in [6.07, 6.45) is 3.29. The largest absolute Gasteiger partial charge is 0.384 e. The molecule has 0 spiro atoms. The van der Waals surface area contributed by atoms with Crippen molar-refractivity contribution in [2.45, 2.75) is 17.0 Å². The number of nitrogens with one attached hydrogen (secondary N) is 1. The van der Waals surface area contributed by atoms with Crippen LogP contribution in [0.3, 0.4) is 0 Å². The molecule has 2 aromatic rings. The first-order valence-corrected chi connectivity index (χ1v) is 5.73. The third-order valence-electron chi connectivity index (χ3n) is 2.33. The Hall–Kier alpha value is -1.89. The van der Waals surface area contributed by atoms with Crippen molar-refractivity contribution >= 4 is 17.6 Å². The fraction of sp³-hybridized carbons (Fsp3) is 0.200. The number of pyridine rings is 1. The van der Waals surface area contributed by atoms with Crippen LogP contribution in [0.2, 0.25) is 0 Å². The average molecular weight is 248 g/mol. The second-order valence-electron chi connectivity index (χ2n) is 3.48. The molecule has 0 fully saturated rings. The lowest BCUT2D eigenvalue weighted by atomic mass is 10.2. The molecule has 0 aliphatic heterocycles. The van der Waals surface area contributed by atoms with Gasteiger partial charge >= 0.3 is 0 Å². The van der Waals surface area contributed by atoms with Gasteiger partial charge in [-0.25, -0.2) is 0 Å². The SMILES string of the molecule is Cc1nnc(Sc2cnccc2C(=N)N)n1C. The second-order valence-corrected chi connectivity index (χ2v) is 4.49. The molecule has 17 heavy (non-hydrogen) atoms. The predicted molar refractivity (Wildman–Crippen MR) is 65.1 cm³/mol. The summed E-state index contributed by atoms with van der Waals surface area (Å²) in [5.41, 5.74) is 6.17. The van der Waals surface area contributed by atoms with Crippen LogP contribution in [0.15, 0.2) is 28.5 Å². The standard InChI is InChI=1S/C10H12N6S/c1-6-14-15-10(16(6)2)17-8-5-13-4-3-7(8)9(11)12/h3-5H,1-2H3,(H3,11,12). The second kappa shape index (κ2) is 4.54. The average Bonchev–Trinajstić information content (AvgIpc) is 2.61. The minimum atomic E-state index is 0.0220. The molecule has 7 heteroatoms. The van der Waals surface area contributed by atoms with E-state index in [2.05, 4.69) is 15.2 Å². The summed E-state index contributed by atoms with van der Waals surface area (Å²) in [5, 5.41) is 16.3. The zero-order chi connectivity index (χ0) is 12.4.